The van der Waals surface area contributed by atoms with E-state index in [-0.39, 0.29) is 11.7 Å². The van der Waals surface area contributed by atoms with Crippen molar-refractivity contribution < 1.29 is 9.21 Å². The average molecular weight is 204 g/mol. The Balaban J connectivity index is 2.57. The first kappa shape index (κ1) is 9.83. The van der Waals surface area contributed by atoms with Crippen LogP contribution < -0.4 is 0 Å². The van der Waals surface area contributed by atoms with Crippen molar-refractivity contribution in [2.24, 2.45) is 0 Å². The van der Waals surface area contributed by atoms with E-state index in [1.54, 1.807) is 6.07 Å². The molecule has 0 aliphatic rings. The molecule has 0 spiro atoms. The van der Waals surface area contributed by atoms with Crippen molar-refractivity contribution in [3.8, 4) is 0 Å². The second-order valence-corrected chi connectivity index (χ2v) is 3.81. The zero-order valence-corrected chi connectivity index (χ0v) is 8.94. The predicted molar refractivity (Wildman–Crippen MR) is 55.9 cm³/mol. The van der Waals surface area contributed by atoms with Crippen molar-refractivity contribution in [1.82, 2.24) is 9.97 Å². The Morgan fingerprint density at radius 3 is 2.80 bits per heavy atom. The third kappa shape index (κ3) is 1.75. The number of aromatic nitrogens is 2. The van der Waals surface area contributed by atoms with Gasteiger partial charge in [-0.2, -0.15) is 0 Å². The van der Waals surface area contributed by atoms with Gasteiger partial charge in [-0.1, -0.05) is 13.8 Å². The average Bonchev–Trinajstić information content (AvgIpc) is 2.59. The fourth-order valence-corrected chi connectivity index (χ4v) is 1.28. The predicted octanol–water partition coefficient (Wildman–Crippen LogP) is 2.55. The van der Waals surface area contributed by atoms with Gasteiger partial charge in [0.25, 0.3) is 0 Å². The molecule has 0 atom stereocenters. The Labute approximate surface area is 87.3 Å². The van der Waals surface area contributed by atoms with Gasteiger partial charge >= 0.3 is 0 Å². The summed E-state index contributed by atoms with van der Waals surface area (Å²) in [5.41, 5.74) is 1.70. The van der Waals surface area contributed by atoms with Crippen molar-refractivity contribution in [3.63, 3.8) is 0 Å². The molecule has 4 heteroatoms. The third-order valence-electron chi connectivity index (χ3n) is 2.16. The standard InChI is InChI=1S/C11H12N2O2/c1-6(2)10-13-9-4-8(7(3)14)5-12-11(9)15-10/h4-6H,1-3H3. The lowest BCUT2D eigenvalue weighted by Crippen LogP contribution is -1.92. The smallest absolute Gasteiger partial charge is 0.246 e. The molecule has 0 aliphatic heterocycles. The first-order valence-electron chi connectivity index (χ1n) is 4.85. The van der Waals surface area contributed by atoms with Crippen LogP contribution in [0.1, 0.15) is 42.9 Å². The minimum Gasteiger partial charge on any atom is -0.422 e. The minimum absolute atomic E-state index is 0.0153. The van der Waals surface area contributed by atoms with Gasteiger partial charge in [0.05, 0.1) is 0 Å². The van der Waals surface area contributed by atoms with Gasteiger partial charge in [0, 0.05) is 17.7 Å². The Hall–Kier alpha value is -1.71. The lowest BCUT2D eigenvalue weighted by molar-refractivity contribution is 0.101. The van der Waals surface area contributed by atoms with Crippen LogP contribution in [0.4, 0.5) is 0 Å². The lowest BCUT2D eigenvalue weighted by atomic mass is 10.2. The monoisotopic (exact) mass is 204 g/mol. The number of pyridine rings is 1. The number of ketones is 1. The van der Waals surface area contributed by atoms with E-state index in [0.29, 0.717) is 22.7 Å². The highest BCUT2D eigenvalue weighted by atomic mass is 16.4. The van der Waals surface area contributed by atoms with Crippen LogP contribution in [0, 0.1) is 0 Å². The van der Waals surface area contributed by atoms with E-state index >= 15 is 0 Å². The molecular weight excluding hydrogens is 192 g/mol. The molecule has 0 saturated heterocycles. The second-order valence-electron chi connectivity index (χ2n) is 3.81. The Morgan fingerprint density at radius 2 is 2.20 bits per heavy atom. The molecule has 2 heterocycles. The Kier molecular flexibility index (Phi) is 2.26. The molecule has 78 valence electrons. The van der Waals surface area contributed by atoms with Crippen molar-refractivity contribution >= 4 is 17.0 Å². The van der Waals surface area contributed by atoms with Crippen molar-refractivity contribution in [2.45, 2.75) is 26.7 Å². The summed E-state index contributed by atoms with van der Waals surface area (Å²) < 4.78 is 5.43. The lowest BCUT2D eigenvalue weighted by Gasteiger charge is -1.93. The number of nitrogens with zero attached hydrogens (tertiary/aromatic N) is 2. The summed E-state index contributed by atoms with van der Waals surface area (Å²) >= 11 is 0. The van der Waals surface area contributed by atoms with E-state index in [0.717, 1.165) is 0 Å². The van der Waals surface area contributed by atoms with Crippen LogP contribution in [0.5, 0.6) is 0 Å². The molecule has 2 rings (SSSR count). The number of oxazole rings is 1. The molecule has 2 aromatic rings. The largest absolute Gasteiger partial charge is 0.422 e. The van der Waals surface area contributed by atoms with Gasteiger partial charge in [-0.25, -0.2) is 9.97 Å². The topological polar surface area (TPSA) is 56.0 Å². The fourth-order valence-electron chi connectivity index (χ4n) is 1.28. The van der Waals surface area contributed by atoms with Gasteiger partial charge in [0.1, 0.15) is 5.52 Å². The van der Waals surface area contributed by atoms with Gasteiger partial charge in [0.15, 0.2) is 11.7 Å². The van der Waals surface area contributed by atoms with Crippen LogP contribution >= 0.6 is 0 Å². The highest BCUT2D eigenvalue weighted by Crippen LogP contribution is 2.20. The van der Waals surface area contributed by atoms with Gasteiger partial charge in [-0.15, -0.1) is 0 Å². The van der Waals surface area contributed by atoms with E-state index in [9.17, 15) is 4.79 Å². The van der Waals surface area contributed by atoms with Gasteiger partial charge in [-0.3, -0.25) is 4.79 Å². The zero-order chi connectivity index (χ0) is 11.0. The van der Waals surface area contributed by atoms with Crippen molar-refractivity contribution in [3.05, 3.63) is 23.7 Å². The first-order valence-corrected chi connectivity index (χ1v) is 4.85. The van der Waals surface area contributed by atoms with E-state index in [1.165, 1.54) is 13.1 Å². The number of Topliss-reactive ketones (excluding diaryl/α,β-unsaturated/α-hetero) is 1. The summed E-state index contributed by atoms with van der Waals surface area (Å²) in [7, 11) is 0. The maximum atomic E-state index is 11.1. The van der Waals surface area contributed by atoms with E-state index in [2.05, 4.69) is 9.97 Å². The highest BCUT2D eigenvalue weighted by Gasteiger charge is 2.11. The van der Waals surface area contributed by atoms with Gasteiger partial charge in [0.2, 0.25) is 5.71 Å². The molecule has 2 aromatic heterocycles. The number of hydrogen-bond acceptors (Lipinski definition) is 4. The highest BCUT2D eigenvalue weighted by molar-refractivity contribution is 5.95. The van der Waals surface area contributed by atoms with E-state index in [1.807, 2.05) is 13.8 Å². The molecule has 0 unspecified atom stereocenters. The zero-order valence-electron chi connectivity index (χ0n) is 8.94. The van der Waals surface area contributed by atoms with Crippen LogP contribution in [-0.4, -0.2) is 15.8 Å². The molecular formula is C11H12N2O2. The van der Waals surface area contributed by atoms with Gasteiger partial charge in [-0.05, 0) is 13.0 Å². The Bertz CT molecular complexity index is 514. The summed E-state index contributed by atoms with van der Waals surface area (Å²) in [6.45, 7) is 5.50. The van der Waals surface area contributed by atoms with Gasteiger partial charge < -0.3 is 4.42 Å². The SMILES string of the molecule is CC(=O)c1cnc2oc(C(C)C)nc2c1. The molecule has 4 nitrogen and oxygen atoms in total. The minimum atomic E-state index is -0.0153. The fraction of sp³-hybridized carbons (Fsp3) is 0.364. The molecule has 0 aliphatic carbocycles. The first-order chi connectivity index (χ1) is 7.08. The van der Waals surface area contributed by atoms with E-state index in [4.69, 9.17) is 4.42 Å². The summed E-state index contributed by atoms with van der Waals surface area (Å²) in [4.78, 5) is 19.5. The molecule has 0 radical (unpaired) electrons. The summed E-state index contributed by atoms with van der Waals surface area (Å²) in [5.74, 6) is 0.858. The number of carbonyl (C=O) groups excluding carboxylic acids is 1. The number of fused-ring (bicyclic) bond motifs is 1. The van der Waals surface area contributed by atoms with Crippen LogP contribution in [0.15, 0.2) is 16.7 Å². The van der Waals surface area contributed by atoms with Crippen molar-refractivity contribution in [1.29, 1.82) is 0 Å². The van der Waals surface area contributed by atoms with Crippen molar-refractivity contribution in [2.75, 3.05) is 0 Å². The summed E-state index contributed by atoms with van der Waals surface area (Å²) in [5, 5.41) is 0. The maximum Gasteiger partial charge on any atom is 0.246 e. The maximum absolute atomic E-state index is 11.1. The van der Waals surface area contributed by atoms with E-state index < -0.39 is 0 Å². The molecule has 0 amide bonds. The molecule has 0 bridgehead atoms. The number of rotatable bonds is 2. The molecule has 15 heavy (non-hydrogen) atoms. The number of hydrogen-bond donors (Lipinski definition) is 0. The van der Waals surface area contributed by atoms with Crippen LogP contribution in [0.3, 0.4) is 0 Å². The Morgan fingerprint density at radius 1 is 1.47 bits per heavy atom. The molecule has 0 saturated carbocycles. The molecule has 0 aromatic carbocycles. The third-order valence-corrected chi connectivity index (χ3v) is 2.16. The second kappa shape index (κ2) is 3.46. The normalized spacial score (nSPS) is 11.2. The molecule has 0 N–H and O–H groups in total. The molecule has 0 fully saturated rings. The van der Waals surface area contributed by atoms with Crippen LogP contribution in [-0.2, 0) is 0 Å². The van der Waals surface area contributed by atoms with Crippen LogP contribution in [0.2, 0.25) is 0 Å². The summed E-state index contributed by atoms with van der Waals surface area (Å²) in [6.07, 6.45) is 1.51. The van der Waals surface area contributed by atoms with Crippen LogP contribution in [0.25, 0.3) is 11.2 Å². The number of carbonyl (C=O) groups is 1. The quantitative estimate of drug-likeness (QED) is 0.705. The summed E-state index contributed by atoms with van der Waals surface area (Å²) in [6, 6.07) is 1.71.